The molecule has 19 heavy (non-hydrogen) atoms. The highest BCUT2D eigenvalue weighted by Crippen LogP contribution is 2.21. The van der Waals surface area contributed by atoms with E-state index in [1.807, 2.05) is 13.8 Å². The number of nitrogens with zero attached hydrogens (tertiary/aromatic N) is 4. The smallest absolute Gasteiger partial charge is 0.268 e. The summed E-state index contributed by atoms with van der Waals surface area (Å²) in [5.74, 6) is 0. The Balaban J connectivity index is 2.48. The van der Waals surface area contributed by atoms with Crippen LogP contribution in [0.1, 0.15) is 24.0 Å². The van der Waals surface area contributed by atoms with Crippen molar-refractivity contribution in [3.8, 4) is 0 Å². The van der Waals surface area contributed by atoms with Crippen molar-refractivity contribution >= 4 is 27.5 Å². The van der Waals surface area contributed by atoms with Crippen LogP contribution < -0.4 is 5.56 Å². The molecule has 0 amide bonds. The molecule has 0 fully saturated rings. The maximum atomic E-state index is 12.1. The highest BCUT2D eigenvalue weighted by atomic mass is 79.9. The largest absolute Gasteiger partial charge is 0.292 e. The number of aromatic nitrogens is 4. The van der Waals surface area contributed by atoms with Crippen molar-refractivity contribution in [3.05, 3.63) is 43.3 Å². The Morgan fingerprint density at radius 3 is 2.68 bits per heavy atom. The normalized spacial score (nSPS) is 11.0. The van der Waals surface area contributed by atoms with E-state index in [-0.39, 0.29) is 5.56 Å². The fourth-order valence-corrected chi connectivity index (χ4v) is 2.37. The van der Waals surface area contributed by atoms with Gasteiger partial charge in [-0.25, -0.2) is 4.98 Å². The Hall–Kier alpha value is -1.14. The summed E-state index contributed by atoms with van der Waals surface area (Å²) in [7, 11) is 0. The topological polar surface area (TPSA) is 52.7 Å². The second-order valence-electron chi connectivity index (χ2n) is 4.24. The average Bonchev–Trinajstić information content (AvgIpc) is 2.66. The molecular formula is C12H14BrClN4O. The molecule has 2 rings (SSSR count). The van der Waals surface area contributed by atoms with Gasteiger partial charge < -0.3 is 0 Å². The van der Waals surface area contributed by atoms with Gasteiger partial charge in [0, 0.05) is 6.54 Å². The van der Waals surface area contributed by atoms with Crippen molar-refractivity contribution in [2.45, 2.75) is 33.9 Å². The van der Waals surface area contributed by atoms with Crippen molar-refractivity contribution in [1.82, 2.24) is 19.3 Å². The van der Waals surface area contributed by atoms with E-state index in [4.69, 9.17) is 11.6 Å². The van der Waals surface area contributed by atoms with Gasteiger partial charge in [0.2, 0.25) is 0 Å². The van der Waals surface area contributed by atoms with Gasteiger partial charge in [-0.15, -0.1) is 0 Å². The van der Waals surface area contributed by atoms with E-state index in [1.54, 1.807) is 11.6 Å². The van der Waals surface area contributed by atoms with Crippen molar-refractivity contribution in [2.24, 2.45) is 0 Å². The lowest BCUT2D eigenvalue weighted by atomic mass is 10.3. The van der Waals surface area contributed by atoms with E-state index in [0.717, 1.165) is 11.4 Å². The minimum Gasteiger partial charge on any atom is -0.292 e. The Bertz CT molecular complexity index is 677. The third kappa shape index (κ3) is 2.60. The van der Waals surface area contributed by atoms with Crippen LogP contribution >= 0.6 is 27.5 Å². The van der Waals surface area contributed by atoms with Crippen LogP contribution in [0.5, 0.6) is 0 Å². The van der Waals surface area contributed by atoms with Crippen LogP contribution in [0, 0.1) is 13.8 Å². The lowest BCUT2D eigenvalue weighted by Crippen LogP contribution is -2.24. The second-order valence-corrected chi connectivity index (χ2v) is 5.41. The summed E-state index contributed by atoms with van der Waals surface area (Å²) >= 11 is 9.49. The van der Waals surface area contributed by atoms with E-state index in [2.05, 4.69) is 26.0 Å². The number of hydrogen-bond acceptors (Lipinski definition) is 3. The predicted molar refractivity (Wildman–Crippen MR) is 77.7 cm³/mol. The molecular weight excluding hydrogens is 332 g/mol. The minimum atomic E-state index is -0.120. The monoisotopic (exact) mass is 344 g/mol. The first kappa shape index (κ1) is 14.3. The summed E-state index contributed by atoms with van der Waals surface area (Å²) in [5, 5.41) is 4.93. The van der Waals surface area contributed by atoms with Crippen molar-refractivity contribution < 1.29 is 0 Å². The van der Waals surface area contributed by atoms with Gasteiger partial charge in [0.05, 0.1) is 35.0 Å². The maximum Gasteiger partial charge on any atom is 0.268 e. The van der Waals surface area contributed by atoms with Crippen LogP contribution in [0.15, 0.2) is 15.6 Å². The minimum absolute atomic E-state index is 0.120. The molecule has 2 heterocycles. The Kier molecular flexibility index (Phi) is 4.10. The first-order chi connectivity index (χ1) is 8.95. The Labute approximate surface area is 124 Å². The number of rotatable bonds is 3. The van der Waals surface area contributed by atoms with Crippen LogP contribution in [-0.4, -0.2) is 19.3 Å². The van der Waals surface area contributed by atoms with Gasteiger partial charge in [0.1, 0.15) is 4.47 Å². The third-order valence-corrected chi connectivity index (χ3v) is 4.33. The zero-order chi connectivity index (χ0) is 14.2. The molecule has 7 heteroatoms. The van der Waals surface area contributed by atoms with Gasteiger partial charge in [-0.05, 0) is 36.7 Å². The molecule has 2 aromatic heterocycles. The van der Waals surface area contributed by atoms with Gasteiger partial charge in [-0.1, -0.05) is 11.6 Å². The average molecular weight is 346 g/mol. The van der Waals surface area contributed by atoms with Gasteiger partial charge >= 0.3 is 0 Å². The summed E-state index contributed by atoms with van der Waals surface area (Å²) in [6, 6.07) is 0. The van der Waals surface area contributed by atoms with Crippen LogP contribution in [0.2, 0.25) is 5.02 Å². The van der Waals surface area contributed by atoms with Gasteiger partial charge in [0.15, 0.2) is 0 Å². The Morgan fingerprint density at radius 1 is 1.37 bits per heavy atom. The third-order valence-electron chi connectivity index (χ3n) is 2.93. The second kappa shape index (κ2) is 5.46. The molecule has 2 aromatic rings. The summed E-state index contributed by atoms with van der Waals surface area (Å²) in [4.78, 5) is 16.3. The van der Waals surface area contributed by atoms with E-state index < -0.39 is 0 Å². The standard InChI is InChI=1S/C12H14BrClN4O/c1-4-18-9(11(14)8(3)16-18)5-17-6-15-7(2)10(13)12(17)19/h6H,4-5H2,1-3H3. The fourth-order valence-electron chi connectivity index (χ4n) is 1.84. The molecule has 0 bridgehead atoms. The molecule has 0 saturated heterocycles. The quantitative estimate of drug-likeness (QED) is 0.859. The molecule has 0 spiro atoms. The van der Waals surface area contributed by atoms with E-state index >= 15 is 0 Å². The van der Waals surface area contributed by atoms with Crippen molar-refractivity contribution in [3.63, 3.8) is 0 Å². The maximum absolute atomic E-state index is 12.1. The van der Waals surface area contributed by atoms with Gasteiger partial charge in [-0.3, -0.25) is 14.0 Å². The highest BCUT2D eigenvalue weighted by molar-refractivity contribution is 9.10. The lowest BCUT2D eigenvalue weighted by molar-refractivity contribution is 0.587. The zero-order valence-electron chi connectivity index (χ0n) is 10.9. The molecule has 0 aliphatic heterocycles. The van der Waals surface area contributed by atoms with E-state index in [0.29, 0.717) is 28.3 Å². The molecule has 5 nitrogen and oxygen atoms in total. The predicted octanol–water partition coefficient (Wildman–Crippen LogP) is 2.54. The summed E-state index contributed by atoms with van der Waals surface area (Å²) in [5.41, 5.74) is 2.14. The summed E-state index contributed by atoms with van der Waals surface area (Å²) in [6.45, 7) is 6.68. The fraction of sp³-hybridized carbons (Fsp3) is 0.417. The van der Waals surface area contributed by atoms with Crippen LogP contribution in [-0.2, 0) is 13.1 Å². The van der Waals surface area contributed by atoms with E-state index in [1.165, 1.54) is 10.9 Å². The summed E-state index contributed by atoms with van der Waals surface area (Å²) in [6.07, 6.45) is 1.53. The van der Waals surface area contributed by atoms with Crippen LogP contribution in [0.4, 0.5) is 0 Å². The SMILES string of the molecule is CCn1nc(C)c(Cl)c1Cn1cnc(C)c(Br)c1=O. The van der Waals surface area contributed by atoms with Crippen LogP contribution in [0.25, 0.3) is 0 Å². The molecule has 0 atom stereocenters. The van der Waals surface area contributed by atoms with Crippen molar-refractivity contribution in [1.29, 1.82) is 0 Å². The molecule has 0 radical (unpaired) electrons. The number of halogens is 2. The first-order valence-electron chi connectivity index (χ1n) is 5.89. The molecule has 0 saturated carbocycles. The molecule has 0 aliphatic carbocycles. The summed E-state index contributed by atoms with van der Waals surface area (Å²) < 4.78 is 3.80. The molecule has 102 valence electrons. The van der Waals surface area contributed by atoms with Gasteiger partial charge in [0.25, 0.3) is 5.56 Å². The molecule has 0 N–H and O–H groups in total. The first-order valence-corrected chi connectivity index (χ1v) is 7.06. The Morgan fingerprint density at radius 2 is 2.05 bits per heavy atom. The number of aryl methyl sites for hydroxylation is 3. The van der Waals surface area contributed by atoms with E-state index in [9.17, 15) is 4.79 Å². The lowest BCUT2D eigenvalue weighted by Gasteiger charge is -2.09. The highest BCUT2D eigenvalue weighted by Gasteiger charge is 2.14. The number of hydrogen-bond donors (Lipinski definition) is 0. The van der Waals surface area contributed by atoms with Crippen LogP contribution in [0.3, 0.4) is 0 Å². The van der Waals surface area contributed by atoms with Crippen molar-refractivity contribution in [2.75, 3.05) is 0 Å². The molecule has 0 unspecified atom stereocenters. The van der Waals surface area contributed by atoms with Gasteiger partial charge in [-0.2, -0.15) is 5.10 Å². The zero-order valence-corrected chi connectivity index (χ0v) is 13.3. The molecule has 0 aromatic carbocycles. The molecule has 0 aliphatic rings.